The van der Waals surface area contributed by atoms with Crippen LogP contribution in [0.15, 0.2) is 30.3 Å². The first-order valence-corrected chi connectivity index (χ1v) is 12.2. The molecule has 1 aliphatic rings. The minimum Gasteiger partial charge on any atom is -0.361 e. The number of hydroxylamine groups is 1. The monoisotopic (exact) mass is 515 g/mol. The lowest BCUT2D eigenvalue weighted by Gasteiger charge is -2.34. The molecule has 196 valence electrons. The molecule has 0 saturated carbocycles. The van der Waals surface area contributed by atoms with Crippen molar-refractivity contribution in [2.24, 2.45) is 0 Å². The highest BCUT2D eigenvalue weighted by molar-refractivity contribution is 5.99. The number of anilines is 5. The van der Waals surface area contributed by atoms with Gasteiger partial charge in [0.25, 0.3) is 5.91 Å². The standard InChI is InChI=1S/C25H29N11O2/c1-7-38-34-25(37)22-18(12-21(31-32-22)30-20-11-13(2)26-15(4)27-20)29-17-9-8-10-19-23(17)35(6)14(3)24-28-16(5)33-36(19)24/h8-12,14H,7H2,1-6H3,(H,34,37)(H2,26,27,29,30,31)/t14-/m0/s1. The molecule has 4 aromatic rings. The van der Waals surface area contributed by atoms with Gasteiger partial charge in [-0.05, 0) is 46.8 Å². The first-order chi connectivity index (χ1) is 18.2. The Morgan fingerprint density at radius 1 is 1.00 bits per heavy atom. The Kier molecular flexibility index (Phi) is 6.59. The second-order valence-electron chi connectivity index (χ2n) is 8.94. The first-order valence-electron chi connectivity index (χ1n) is 12.2. The maximum absolute atomic E-state index is 12.9. The Balaban J connectivity index is 1.57. The molecule has 13 heteroatoms. The molecule has 13 nitrogen and oxygen atoms in total. The van der Waals surface area contributed by atoms with Gasteiger partial charge in [-0.15, -0.1) is 10.2 Å². The molecule has 0 aliphatic carbocycles. The fraction of sp³-hybridized carbons (Fsp3) is 0.320. The number of hydrogen-bond acceptors (Lipinski definition) is 11. The summed E-state index contributed by atoms with van der Waals surface area (Å²) < 4.78 is 1.86. The van der Waals surface area contributed by atoms with Gasteiger partial charge in [0.05, 0.1) is 35.4 Å². The first kappa shape index (κ1) is 25.0. The van der Waals surface area contributed by atoms with Crippen molar-refractivity contribution in [3.8, 4) is 5.69 Å². The number of carbonyl (C=O) groups is 1. The number of fused-ring (bicyclic) bond motifs is 3. The molecule has 0 unspecified atom stereocenters. The summed E-state index contributed by atoms with van der Waals surface area (Å²) in [5.74, 6) is 2.63. The van der Waals surface area contributed by atoms with Crippen molar-refractivity contribution in [3.05, 3.63) is 59.2 Å². The van der Waals surface area contributed by atoms with E-state index in [9.17, 15) is 4.79 Å². The quantitative estimate of drug-likeness (QED) is 0.311. The average Bonchev–Trinajstić information content (AvgIpc) is 3.27. The molecule has 1 aromatic carbocycles. The summed E-state index contributed by atoms with van der Waals surface area (Å²) in [4.78, 5) is 33.5. The zero-order valence-electron chi connectivity index (χ0n) is 22.1. The third-order valence-electron chi connectivity index (χ3n) is 6.10. The lowest BCUT2D eigenvalue weighted by atomic mass is 10.1. The molecule has 0 radical (unpaired) electrons. The molecule has 38 heavy (non-hydrogen) atoms. The van der Waals surface area contributed by atoms with Crippen LogP contribution in [0.1, 0.15) is 53.5 Å². The lowest BCUT2D eigenvalue weighted by Crippen LogP contribution is -2.31. The second-order valence-corrected chi connectivity index (χ2v) is 8.94. The van der Waals surface area contributed by atoms with Gasteiger partial charge in [-0.25, -0.2) is 25.1 Å². The number of hydrogen-bond donors (Lipinski definition) is 3. The molecule has 5 rings (SSSR count). The maximum atomic E-state index is 12.9. The van der Waals surface area contributed by atoms with Crippen molar-refractivity contribution in [2.45, 2.75) is 40.7 Å². The van der Waals surface area contributed by atoms with Crippen LogP contribution in [0.5, 0.6) is 0 Å². The van der Waals surface area contributed by atoms with Gasteiger partial charge in [-0.2, -0.15) is 5.10 Å². The van der Waals surface area contributed by atoms with E-state index in [2.05, 4.69) is 58.2 Å². The summed E-state index contributed by atoms with van der Waals surface area (Å²) in [7, 11) is 2.00. The molecule has 0 saturated heterocycles. The molecular formula is C25H29N11O2. The molecule has 1 aliphatic heterocycles. The van der Waals surface area contributed by atoms with Crippen LogP contribution in [-0.2, 0) is 4.84 Å². The Hall–Kier alpha value is -4.65. The van der Waals surface area contributed by atoms with E-state index in [1.165, 1.54) is 0 Å². The van der Waals surface area contributed by atoms with E-state index >= 15 is 0 Å². The van der Waals surface area contributed by atoms with Crippen molar-refractivity contribution in [2.75, 3.05) is 29.2 Å². The fourth-order valence-electron chi connectivity index (χ4n) is 4.38. The smallest absolute Gasteiger partial charge is 0.297 e. The summed E-state index contributed by atoms with van der Waals surface area (Å²) >= 11 is 0. The van der Waals surface area contributed by atoms with E-state index in [1.54, 1.807) is 19.1 Å². The molecule has 0 spiro atoms. The number of aryl methyl sites for hydroxylation is 3. The van der Waals surface area contributed by atoms with Crippen LogP contribution >= 0.6 is 0 Å². The second kappa shape index (κ2) is 10.0. The number of rotatable bonds is 7. The van der Waals surface area contributed by atoms with E-state index < -0.39 is 5.91 Å². The number of amides is 1. The number of carbonyl (C=O) groups excluding carboxylic acids is 1. The third-order valence-corrected chi connectivity index (χ3v) is 6.10. The highest BCUT2D eigenvalue weighted by atomic mass is 16.6. The summed E-state index contributed by atoms with van der Waals surface area (Å²) in [6.07, 6.45) is 0. The molecule has 4 heterocycles. The average molecular weight is 516 g/mol. The Labute approximate surface area is 219 Å². The lowest BCUT2D eigenvalue weighted by molar-refractivity contribution is 0.0360. The van der Waals surface area contributed by atoms with Gasteiger partial charge in [0.15, 0.2) is 17.3 Å². The third kappa shape index (κ3) is 4.70. The van der Waals surface area contributed by atoms with Crippen molar-refractivity contribution < 1.29 is 9.63 Å². The predicted octanol–water partition coefficient (Wildman–Crippen LogP) is 3.45. The van der Waals surface area contributed by atoms with E-state index in [0.29, 0.717) is 35.6 Å². The summed E-state index contributed by atoms with van der Waals surface area (Å²) in [6.45, 7) is 9.73. The van der Waals surface area contributed by atoms with Gasteiger partial charge in [0.2, 0.25) is 0 Å². The topological polar surface area (TPSA) is 148 Å². The maximum Gasteiger partial charge on any atom is 0.297 e. The Morgan fingerprint density at radius 2 is 1.82 bits per heavy atom. The fourth-order valence-corrected chi connectivity index (χ4v) is 4.38. The molecule has 1 amide bonds. The van der Waals surface area contributed by atoms with Crippen molar-refractivity contribution in [1.29, 1.82) is 0 Å². The van der Waals surface area contributed by atoms with E-state index in [4.69, 9.17) is 4.84 Å². The molecular weight excluding hydrogens is 486 g/mol. The highest BCUT2D eigenvalue weighted by Gasteiger charge is 2.31. The van der Waals surface area contributed by atoms with Crippen molar-refractivity contribution >= 4 is 34.6 Å². The van der Waals surface area contributed by atoms with E-state index in [1.807, 2.05) is 50.7 Å². The number of para-hydroxylation sites is 1. The van der Waals surface area contributed by atoms with Gasteiger partial charge < -0.3 is 15.5 Å². The Bertz CT molecular complexity index is 1500. The number of benzene rings is 1. The van der Waals surface area contributed by atoms with Crippen LogP contribution < -0.4 is 21.0 Å². The van der Waals surface area contributed by atoms with E-state index in [0.717, 1.165) is 28.6 Å². The van der Waals surface area contributed by atoms with Crippen LogP contribution in [0, 0.1) is 20.8 Å². The van der Waals surface area contributed by atoms with Crippen molar-refractivity contribution in [1.82, 2.24) is 40.4 Å². The van der Waals surface area contributed by atoms with Gasteiger partial charge >= 0.3 is 0 Å². The van der Waals surface area contributed by atoms with Crippen LogP contribution in [0.3, 0.4) is 0 Å². The van der Waals surface area contributed by atoms with Gasteiger partial charge in [-0.1, -0.05) is 6.07 Å². The van der Waals surface area contributed by atoms with Crippen LogP contribution in [0.25, 0.3) is 5.69 Å². The number of nitrogens with one attached hydrogen (secondary N) is 3. The zero-order valence-corrected chi connectivity index (χ0v) is 22.1. The molecule has 0 bridgehead atoms. The minimum atomic E-state index is -0.525. The zero-order chi connectivity index (χ0) is 27.0. The van der Waals surface area contributed by atoms with Gasteiger partial charge in [0.1, 0.15) is 17.5 Å². The molecule has 3 aromatic heterocycles. The summed E-state index contributed by atoms with van der Waals surface area (Å²) in [5.41, 5.74) is 6.25. The largest absolute Gasteiger partial charge is 0.361 e. The van der Waals surface area contributed by atoms with Crippen molar-refractivity contribution in [3.63, 3.8) is 0 Å². The van der Waals surface area contributed by atoms with E-state index in [-0.39, 0.29) is 11.7 Å². The van der Waals surface area contributed by atoms with Crippen LogP contribution in [-0.4, -0.2) is 54.5 Å². The highest BCUT2D eigenvalue weighted by Crippen LogP contribution is 2.42. The molecule has 0 fully saturated rings. The number of nitrogens with zero attached hydrogens (tertiary/aromatic N) is 8. The number of aromatic nitrogens is 7. The van der Waals surface area contributed by atoms with Crippen LogP contribution in [0.4, 0.5) is 28.7 Å². The molecule has 3 N–H and O–H groups in total. The summed E-state index contributed by atoms with van der Waals surface area (Å²) in [6, 6.07) is 9.33. The predicted molar refractivity (Wildman–Crippen MR) is 142 cm³/mol. The van der Waals surface area contributed by atoms with Crippen LogP contribution in [0.2, 0.25) is 0 Å². The van der Waals surface area contributed by atoms with Gasteiger partial charge in [0, 0.05) is 24.9 Å². The molecule has 1 atom stereocenters. The SMILES string of the molecule is CCONC(=O)c1nnc(Nc2cc(C)nc(C)n2)cc1Nc1cccc2c1N(C)[C@@H](C)c1nc(C)nn1-2. The summed E-state index contributed by atoms with van der Waals surface area (Å²) in [5, 5.41) is 19.6. The van der Waals surface area contributed by atoms with Gasteiger partial charge in [-0.3, -0.25) is 9.63 Å². The minimum absolute atomic E-state index is 0.0237. The Morgan fingerprint density at radius 3 is 2.58 bits per heavy atom. The normalized spacial score (nSPS) is 14.1.